The number of rotatable bonds is 3. The highest BCUT2D eigenvalue weighted by molar-refractivity contribution is 6.23. The smallest absolute Gasteiger partial charge is 0.240 e. The number of carbonyl (C=O) groups is 2. The van der Waals surface area contributed by atoms with Crippen LogP contribution in [0.1, 0.15) is 35.4 Å². The second-order valence-corrected chi connectivity index (χ2v) is 8.02. The molecule has 4 heterocycles. The van der Waals surface area contributed by atoms with Gasteiger partial charge in [0.25, 0.3) is 0 Å². The predicted molar refractivity (Wildman–Crippen MR) is 99.4 cm³/mol. The SMILES string of the molecule is Cc1ccc(Cn2nc(C)c(N3C(=O)[C@@H]4[C@@H](C3=O)[C@H]3CC[C@@H]4O3)c2C)cc1. The molecular formula is C21H23N3O3. The molecule has 0 radical (unpaired) electrons. The summed E-state index contributed by atoms with van der Waals surface area (Å²) in [4.78, 5) is 27.6. The van der Waals surface area contributed by atoms with Gasteiger partial charge >= 0.3 is 0 Å². The molecule has 3 aliphatic heterocycles. The van der Waals surface area contributed by atoms with E-state index >= 15 is 0 Å². The van der Waals surface area contributed by atoms with Crippen LogP contribution in [0, 0.1) is 32.6 Å². The summed E-state index contributed by atoms with van der Waals surface area (Å²) in [7, 11) is 0. The van der Waals surface area contributed by atoms with Crippen LogP contribution in [0.2, 0.25) is 0 Å². The molecule has 3 aliphatic rings. The lowest BCUT2D eigenvalue weighted by molar-refractivity contribution is -0.124. The van der Waals surface area contributed by atoms with Crippen LogP contribution in [0.15, 0.2) is 24.3 Å². The molecule has 2 aromatic rings. The molecule has 0 spiro atoms. The summed E-state index contributed by atoms with van der Waals surface area (Å²) < 4.78 is 7.71. The summed E-state index contributed by atoms with van der Waals surface area (Å²) in [5, 5.41) is 4.63. The van der Waals surface area contributed by atoms with Crippen molar-refractivity contribution >= 4 is 17.5 Å². The molecule has 4 atom stereocenters. The number of aromatic nitrogens is 2. The molecule has 0 saturated carbocycles. The minimum absolute atomic E-state index is 0.0929. The van der Waals surface area contributed by atoms with Gasteiger partial charge in [0.15, 0.2) is 0 Å². The summed E-state index contributed by atoms with van der Waals surface area (Å²) in [5.74, 6) is -0.845. The van der Waals surface area contributed by atoms with E-state index in [-0.39, 0.29) is 35.9 Å². The number of nitrogens with zero attached hydrogens (tertiary/aromatic N) is 3. The molecule has 6 nitrogen and oxygen atoms in total. The van der Waals surface area contributed by atoms with Gasteiger partial charge in [-0.25, -0.2) is 4.90 Å². The van der Waals surface area contributed by atoms with Gasteiger partial charge in [0, 0.05) is 0 Å². The predicted octanol–water partition coefficient (Wildman–Crippen LogP) is 2.52. The number of fused-ring (bicyclic) bond motifs is 5. The van der Waals surface area contributed by atoms with E-state index in [0.717, 1.165) is 29.8 Å². The molecule has 3 saturated heterocycles. The summed E-state index contributed by atoms with van der Waals surface area (Å²) >= 11 is 0. The second-order valence-electron chi connectivity index (χ2n) is 8.02. The molecular weight excluding hydrogens is 342 g/mol. The Morgan fingerprint density at radius 3 is 2.19 bits per heavy atom. The molecule has 2 bridgehead atoms. The highest BCUT2D eigenvalue weighted by Crippen LogP contribution is 2.50. The zero-order chi connectivity index (χ0) is 18.9. The maximum absolute atomic E-state index is 13.1. The van der Waals surface area contributed by atoms with Crippen molar-refractivity contribution in [3.63, 3.8) is 0 Å². The molecule has 5 rings (SSSR count). The van der Waals surface area contributed by atoms with E-state index in [2.05, 4.69) is 36.3 Å². The first-order chi connectivity index (χ1) is 13.0. The Kier molecular flexibility index (Phi) is 3.56. The van der Waals surface area contributed by atoms with E-state index in [9.17, 15) is 9.59 Å². The summed E-state index contributed by atoms with van der Waals surface area (Å²) in [6.45, 7) is 6.48. The molecule has 140 valence electrons. The van der Waals surface area contributed by atoms with Crippen molar-refractivity contribution in [2.24, 2.45) is 11.8 Å². The molecule has 3 fully saturated rings. The first-order valence-electron chi connectivity index (χ1n) is 9.58. The van der Waals surface area contributed by atoms with Crippen LogP contribution in [0.25, 0.3) is 0 Å². The van der Waals surface area contributed by atoms with Crippen LogP contribution < -0.4 is 4.90 Å². The third-order valence-corrected chi connectivity index (χ3v) is 6.30. The van der Waals surface area contributed by atoms with Crippen molar-refractivity contribution in [3.8, 4) is 0 Å². The molecule has 0 N–H and O–H groups in total. The normalized spacial score (nSPS) is 29.1. The number of aryl methyl sites for hydroxylation is 2. The molecule has 0 aliphatic carbocycles. The number of imide groups is 1. The van der Waals surface area contributed by atoms with Crippen LogP contribution in [-0.4, -0.2) is 33.8 Å². The Morgan fingerprint density at radius 1 is 1.00 bits per heavy atom. The maximum Gasteiger partial charge on any atom is 0.240 e. The number of hydrogen-bond acceptors (Lipinski definition) is 4. The summed E-state index contributed by atoms with van der Waals surface area (Å²) in [6, 6.07) is 8.31. The first-order valence-corrected chi connectivity index (χ1v) is 9.58. The maximum atomic E-state index is 13.1. The van der Waals surface area contributed by atoms with Crippen molar-refractivity contribution in [2.75, 3.05) is 4.90 Å². The topological polar surface area (TPSA) is 64.4 Å². The lowest BCUT2D eigenvalue weighted by Crippen LogP contribution is -2.35. The zero-order valence-electron chi connectivity index (χ0n) is 15.8. The average Bonchev–Trinajstić information content (AvgIpc) is 3.37. The average molecular weight is 365 g/mol. The molecule has 0 unspecified atom stereocenters. The van der Waals surface area contributed by atoms with E-state index in [1.165, 1.54) is 10.5 Å². The van der Waals surface area contributed by atoms with Gasteiger partial charge in [-0.2, -0.15) is 5.10 Å². The van der Waals surface area contributed by atoms with Crippen molar-refractivity contribution in [2.45, 2.75) is 52.4 Å². The van der Waals surface area contributed by atoms with Crippen LogP contribution in [0.5, 0.6) is 0 Å². The lowest BCUT2D eigenvalue weighted by atomic mass is 9.81. The molecule has 1 aromatic carbocycles. The standard InChI is InChI=1S/C21H23N3O3/c1-11-4-6-14(7-5-11)10-23-13(3)19(12(2)22-23)24-20(25)17-15-8-9-16(27-15)18(17)21(24)26/h4-7,15-18H,8-10H2,1-3H3/t15-,16+,17-,18-/m0/s1. The van der Waals surface area contributed by atoms with Gasteiger partial charge in [-0.3, -0.25) is 14.3 Å². The Balaban J connectivity index is 1.49. The summed E-state index contributed by atoms with van der Waals surface area (Å²) in [5.41, 5.74) is 4.58. The quantitative estimate of drug-likeness (QED) is 0.784. The van der Waals surface area contributed by atoms with Crippen molar-refractivity contribution < 1.29 is 14.3 Å². The Labute approximate surface area is 158 Å². The Morgan fingerprint density at radius 2 is 1.59 bits per heavy atom. The first kappa shape index (κ1) is 16.7. The fraction of sp³-hybridized carbons (Fsp3) is 0.476. The van der Waals surface area contributed by atoms with Crippen molar-refractivity contribution in [1.29, 1.82) is 0 Å². The van der Waals surface area contributed by atoms with E-state index < -0.39 is 0 Å². The Bertz CT molecular complexity index is 918. The van der Waals surface area contributed by atoms with Gasteiger partial charge in [-0.1, -0.05) is 29.8 Å². The number of ether oxygens (including phenoxy) is 1. The fourth-order valence-electron chi connectivity index (χ4n) is 4.96. The van der Waals surface area contributed by atoms with Crippen molar-refractivity contribution in [3.05, 3.63) is 46.8 Å². The van der Waals surface area contributed by atoms with Gasteiger partial charge in [-0.05, 0) is 39.2 Å². The highest BCUT2D eigenvalue weighted by Gasteiger charge is 2.63. The number of anilines is 1. The monoisotopic (exact) mass is 365 g/mol. The molecule has 27 heavy (non-hydrogen) atoms. The molecule has 6 heteroatoms. The number of amides is 2. The van der Waals surface area contributed by atoms with E-state index in [4.69, 9.17) is 4.74 Å². The van der Waals surface area contributed by atoms with Crippen molar-refractivity contribution in [1.82, 2.24) is 9.78 Å². The van der Waals surface area contributed by atoms with Gasteiger partial charge < -0.3 is 4.74 Å². The number of benzene rings is 1. The van der Waals surface area contributed by atoms with Gasteiger partial charge in [-0.15, -0.1) is 0 Å². The second kappa shape index (κ2) is 5.76. The molecule has 1 aromatic heterocycles. The summed E-state index contributed by atoms with van der Waals surface area (Å²) in [6.07, 6.45) is 1.57. The van der Waals surface area contributed by atoms with Gasteiger partial charge in [0.1, 0.15) is 0 Å². The molecule has 2 amide bonds. The minimum Gasteiger partial charge on any atom is -0.373 e. The third kappa shape index (κ3) is 2.32. The van der Waals surface area contributed by atoms with Crippen LogP contribution in [0.4, 0.5) is 5.69 Å². The third-order valence-electron chi connectivity index (χ3n) is 6.30. The van der Waals surface area contributed by atoms with Crippen LogP contribution in [0.3, 0.4) is 0 Å². The number of carbonyl (C=O) groups excluding carboxylic acids is 2. The van der Waals surface area contributed by atoms with E-state index in [0.29, 0.717) is 12.2 Å². The van der Waals surface area contributed by atoms with Gasteiger partial charge in [0.05, 0.1) is 47.7 Å². The Hall–Kier alpha value is -2.47. The highest BCUT2D eigenvalue weighted by atomic mass is 16.5. The fourth-order valence-corrected chi connectivity index (χ4v) is 4.96. The van der Waals surface area contributed by atoms with E-state index in [1.54, 1.807) is 0 Å². The van der Waals surface area contributed by atoms with Gasteiger partial charge in [0.2, 0.25) is 11.8 Å². The minimum atomic E-state index is -0.310. The lowest BCUT2D eigenvalue weighted by Gasteiger charge is -2.18. The van der Waals surface area contributed by atoms with E-state index in [1.807, 2.05) is 18.5 Å². The largest absolute Gasteiger partial charge is 0.373 e. The van der Waals surface area contributed by atoms with Crippen LogP contribution in [-0.2, 0) is 20.9 Å². The number of hydrogen-bond donors (Lipinski definition) is 0. The van der Waals surface area contributed by atoms with Crippen LogP contribution >= 0.6 is 0 Å². The zero-order valence-corrected chi connectivity index (χ0v) is 15.8.